The standard InChI is InChI=1S/C4H7NO3/c6-3-1-2-5(8)4(3)7/h3,6,8H,1-2H2. The van der Waals surface area contributed by atoms with Gasteiger partial charge < -0.3 is 5.11 Å². The number of aliphatic hydroxyl groups excluding tert-OH is 1. The molecule has 1 aliphatic heterocycles. The van der Waals surface area contributed by atoms with E-state index < -0.39 is 12.0 Å². The Labute approximate surface area is 46.3 Å². The number of rotatable bonds is 0. The van der Waals surface area contributed by atoms with E-state index in [1.807, 2.05) is 0 Å². The third-order valence-corrected chi connectivity index (χ3v) is 1.15. The van der Waals surface area contributed by atoms with Gasteiger partial charge in [-0.3, -0.25) is 10.0 Å². The van der Waals surface area contributed by atoms with Crippen LogP contribution in [0.4, 0.5) is 0 Å². The van der Waals surface area contributed by atoms with Gasteiger partial charge in [0.15, 0.2) is 0 Å². The lowest BCUT2D eigenvalue weighted by Gasteiger charge is -2.02. The predicted octanol–water partition coefficient (Wildman–Crippen LogP) is -1.03. The molecule has 1 heterocycles. The summed E-state index contributed by atoms with van der Waals surface area (Å²) in [6.45, 7) is 0.250. The van der Waals surface area contributed by atoms with Crippen molar-refractivity contribution >= 4 is 5.91 Å². The Kier molecular flexibility index (Phi) is 1.19. The molecule has 1 amide bonds. The van der Waals surface area contributed by atoms with Crippen molar-refractivity contribution in [3.63, 3.8) is 0 Å². The van der Waals surface area contributed by atoms with E-state index >= 15 is 0 Å². The highest BCUT2D eigenvalue weighted by Crippen LogP contribution is 2.06. The molecule has 0 saturated carbocycles. The second-order valence-electron chi connectivity index (χ2n) is 1.77. The maximum atomic E-state index is 10.3. The Hall–Kier alpha value is -0.610. The summed E-state index contributed by atoms with van der Waals surface area (Å²) < 4.78 is 0. The van der Waals surface area contributed by atoms with Gasteiger partial charge in [0.2, 0.25) is 0 Å². The van der Waals surface area contributed by atoms with Crippen LogP contribution in [0.3, 0.4) is 0 Å². The molecule has 1 rings (SSSR count). The Morgan fingerprint density at radius 1 is 1.75 bits per heavy atom. The summed E-state index contributed by atoms with van der Waals surface area (Å²) in [6, 6.07) is 0. The fourth-order valence-corrected chi connectivity index (χ4v) is 0.650. The number of amides is 1. The number of hydrogen-bond donors (Lipinski definition) is 2. The quantitative estimate of drug-likeness (QED) is 0.399. The Morgan fingerprint density at radius 2 is 2.38 bits per heavy atom. The fourth-order valence-electron chi connectivity index (χ4n) is 0.650. The highest BCUT2D eigenvalue weighted by Gasteiger charge is 2.28. The van der Waals surface area contributed by atoms with E-state index in [0.717, 1.165) is 0 Å². The van der Waals surface area contributed by atoms with Crippen molar-refractivity contribution in [2.45, 2.75) is 12.5 Å². The summed E-state index contributed by atoms with van der Waals surface area (Å²) in [5.41, 5.74) is 0. The molecular weight excluding hydrogens is 110 g/mol. The van der Waals surface area contributed by atoms with Gasteiger partial charge in [-0.15, -0.1) is 0 Å². The van der Waals surface area contributed by atoms with Gasteiger partial charge in [-0.2, -0.15) is 0 Å². The van der Waals surface area contributed by atoms with Crippen molar-refractivity contribution < 1.29 is 15.1 Å². The maximum absolute atomic E-state index is 10.3. The van der Waals surface area contributed by atoms with Gasteiger partial charge >= 0.3 is 0 Å². The summed E-state index contributed by atoms with van der Waals surface area (Å²) >= 11 is 0. The van der Waals surface area contributed by atoms with Crippen LogP contribution >= 0.6 is 0 Å². The number of carbonyl (C=O) groups excluding carboxylic acids is 1. The van der Waals surface area contributed by atoms with Gasteiger partial charge in [0.1, 0.15) is 6.10 Å². The van der Waals surface area contributed by atoms with Gasteiger partial charge in [-0.1, -0.05) is 0 Å². The van der Waals surface area contributed by atoms with Crippen LogP contribution in [-0.4, -0.2) is 33.9 Å². The first-order valence-electron chi connectivity index (χ1n) is 2.40. The smallest absolute Gasteiger partial charge is 0.274 e. The summed E-state index contributed by atoms with van der Waals surface area (Å²) in [7, 11) is 0. The molecule has 4 nitrogen and oxygen atoms in total. The summed E-state index contributed by atoms with van der Waals surface area (Å²) in [5, 5.41) is 17.6. The molecule has 0 bridgehead atoms. The molecule has 1 atom stereocenters. The Morgan fingerprint density at radius 3 is 2.50 bits per heavy atom. The second-order valence-corrected chi connectivity index (χ2v) is 1.77. The molecule has 0 aromatic carbocycles. The molecule has 0 spiro atoms. The van der Waals surface area contributed by atoms with Crippen molar-refractivity contribution in [1.82, 2.24) is 5.06 Å². The molecule has 1 aliphatic rings. The van der Waals surface area contributed by atoms with E-state index in [9.17, 15) is 4.79 Å². The highest BCUT2D eigenvalue weighted by molar-refractivity contribution is 5.81. The molecule has 46 valence electrons. The zero-order valence-electron chi connectivity index (χ0n) is 4.24. The number of nitrogens with zero attached hydrogens (tertiary/aromatic N) is 1. The third-order valence-electron chi connectivity index (χ3n) is 1.15. The van der Waals surface area contributed by atoms with Gasteiger partial charge in [-0.25, -0.2) is 5.06 Å². The highest BCUT2D eigenvalue weighted by atomic mass is 16.5. The van der Waals surface area contributed by atoms with E-state index in [1.54, 1.807) is 0 Å². The summed E-state index contributed by atoms with van der Waals surface area (Å²) in [4.78, 5) is 10.3. The fraction of sp³-hybridized carbons (Fsp3) is 0.750. The Balaban J connectivity index is 2.57. The van der Waals surface area contributed by atoms with Crippen LogP contribution in [-0.2, 0) is 4.79 Å². The van der Waals surface area contributed by atoms with E-state index in [-0.39, 0.29) is 6.54 Å². The minimum atomic E-state index is -0.972. The first kappa shape index (κ1) is 5.53. The van der Waals surface area contributed by atoms with E-state index in [1.165, 1.54) is 0 Å². The van der Waals surface area contributed by atoms with Crippen LogP contribution in [0.5, 0.6) is 0 Å². The normalized spacial score (nSPS) is 29.5. The minimum Gasteiger partial charge on any atom is -0.383 e. The first-order valence-corrected chi connectivity index (χ1v) is 2.40. The lowest BCUT2D eigenvalue weighted by molar-refractivity contribution is -0.162. The van der Waals surface area contributed by atoms with E-state index in [2.05, 4.69) is 0 Å². The number of hydroxylamine groups is 2. The van der Waals surface area contributed by atoms with Crippen molar-refractivity contribution in [2.75, 3.05) is 6.54 Å². The topological polar surface area (TPSA) is 60.8 Å². The lowest BCUT2D eigenvalue weighted by atomic mass is 10.3. The summed E-state index contributed by atoms with van der Waals surface area (Å²) in [6.07, 6.45) is -0.630. The second kappa shape index (κ2) is 1.72. The van der Waals surface area contributed by atoms with Crippen molar-refractivity contribution in [2.24, 2.45) is 0 Å². The molecular formula is C4H7NO3. The lowest BCUT2D eigenvalue weighted by Crippen LogP contribution is -2.25. The molecule has 1 saturated heterocycles. The maximum Gasteiger partial charge on any atom is 0.274 e. The zero-order chi connectivity index (χ0) is 6.15. The van der Waals surface area contributed by atoms with Gasteiger partial charge in [0, 0.05) is 6.42 Å². The molecule has 0 aromatic heterocycles. The monoisotopic (exact) mass is 117 g/mol. The van der Waals surface area contributed by atoms with Gasteiger partial charge in [-0.05, 0) is 0 Å². The van der Waals surface area contributed by atoms with Crippen molar-refractivity contribution in [3.05, 3.63) is 0 Å². The van der Waals surface area contributed by atoms with Crippen LogP contribution in [0.25, 0.3) is 0 Å². The molecule has 4 heteroatoms. The molecule has 8 heavy (non-hydrogen) atoms. The number of aliphatic hydroxyl groups is 1. The minimum absolute atomic E-state index is 0.250. The number of carbonyl (C=O) groups is 1. The van der Waals surface area contributed by atoms with E-state index in [4.69, 9.17) is 10.3 Å². The third kappa shape index (κ3) is 0.677. The number of hydrogen-bond acceptors (Lipinski definition) is 3. The predicted molar refractivity (Wildman–Crippen MR) is 24.1 cm³/mol. The zero-order valence-corrected chi connectivity index (χ0v) is 4.24. The van der Waals surface area contributed by atoms with Crippen LogP contribution in [0.1, 0.15) is 6.42 Å². The van der Waals surface area contributed by atoms with Crippen molar-refractivity contribution in [1.29, 1.82) is 0 Å². The largest absolute Gasteiger partial charge is 0.383 e. The molecule has 0 aromatic rings. The summed E-state index contributed by atoms with van der Waals surface area (Å²) in [5.74, 6) is -0.593. The molecule has 0 aliphatic carbocycles. The average Bonchev–Trinajstić information content (AvgIpc) is 1.98. The Bertz CT molecular complexity index is 102. The van der Waals surface area contributed by atoms with Crippen LogP contribution in [0.15, 0.2) is 0 Å². The first-order chi connectivity index (χ1) is 3.72. The molecule has 1 unspecified atom stereocenters. The van der Waals surface area contributed by atoms with Crippen LogP contribution < -0.4 is 0 Å². The van der Waals surface area contributed by atoms with Crippen LogP contribution in [0, 0.1) is 0 Å². The molecule has 2 N–H and O–H groups in total. The molecule has 1 fully saturated rings. The van der Waals surface area contributed by atoms with E-state index in [0.29, 0.717) is 11.5 Å². The SMILES string of the molecule is O=C1C(O)CCN1O. The molecule has 0 radical (unpaired) electrons. The average molecular weight is 117 g/mol. The van der Waals surface area contributed by atoms with Gasteiger partial charge in [0.25, 0.3) is 5.91 Å². The van der Waals surface area contributed by atoms with Gasteiger partial charge in [0.05, 0.1) is 6.54 Å². The van der Waals surface area contributed by atoms with Crippen molar-refractivity contribution in [3.8, 4) is 0 Å². The van der Waals surface area contributed by atoms with Crippen LogP contribution in [0.2, 0.25) is 0 Å².